The molecule has 1 aliphatic carbocycles. The molecular formula is C15H15BrN4O. The SMILES string of the molecule is Cc1ccc(NC(=O)c2ccnc(NC3CC3)n2)cc1Br. The zero-order chi connectivity index (χ0) is 14.8. The second-order valence-electron chi connectivity index (χ2n) is 5.10. The van der Waals surface area contributed by atoms with Crippen LogP contribution < -0.4 is 10.6 Å². The largest absolute Gasteiger partial charge is 0.351 e. The molecule has 1 saturated carbocycles. The Labute approximate surface area is 131 Å². The van der Waals surface area contributed by atoms with Crippen molar-refractivity contribution in [1.82, 2.24) is 9.97 Å². The van der Waals surface area contributed by atoms with Gasteiger partial charge in [-0.1, -0.05) is 22.0 Å². The average molecular weight is 347 g/mol. The molecule has 0 bridgehead atoms. The van der Waals surface area contributed by atoms with E-state index in [4.69, 9.17) is 0 Å². The van der Waals surface area contributed by atoms with Gasteiger partial charge in [0.2, 0.25) is 5.95 Å². The maximum absolute atomic E-state index is 12.2. The summed E-state index contributed by atoms with van der Waals surface area (Å²) < 4.78 is 0.957. The Morgan fingerprint density at radius 2 is 2.14 bits per heavy atom. The molecule has 5 nitrogen and oxygen atoms in total. The van der Waals surface area contributed by atoms with Crippen LogP contribution in [0.5, 0.6) is 0 Å². The number of carbonyl (C=O) groups excluding carboxylic acids is 1. The maximum atomic E-state index is 12.2. The summed E-state index contributed by atoms with van der Waals surface area (Å²) in [6.07, 6.45) is 3.87. The standard InChI is InChI=1S/C15H15BrN4O/c1-9-2-3-11(8-12(9)16)18-14(21)13-6-7-17-15(20-13)19-10-4-5-10/h2-3,6-8,10H,4-5H2,1H3,(H,18,21)(H,17,19,20). The van der Waals surface area contributed by atoms with Crippen LogP contribution in [0.3, 0.4) is 0 Å². The highest BCUT2D eigenvalue weighted by molar-refractivity contribution is 9.10. The van der Waals surface area contributed by atoms with Crippen molar-refractivity contribution in [2.45, 2.75) is 25.8 Å². The Hall–Kier alpha value is -1.95. The number of nitrogens with one attached hydrogen (secondary N) is 2. The number of aromatic nitrogens is 2. The van der Waals surface area contributed by atoms with Gasteiger partial charge >= 0.3 is 0 Å². The van der Waals surface area contributed by atoms with Gasteiger partial charge in [-0.3, -0.25) is 4.79 Å². The van der Waals surface area contributed by atoms with Crippen LogP contribution in [-0.2, 0) is 0 Å². The van der Waals surface area contributed by atoms with E-state index in [1.54, 1.807) is 12.3 Å². The molecule has 6 heteroatoms. The number of hydrogen-bond donors (Lipinski definition) is 2. The van der Waals surface area contributed by atoms with Crippen LogP contribution in [0.15, 0.2) is 34.9 Å². The van der Waals surface area contributed by atoms with Crippen molar-refractivity contribution in [1.29, 1.82) is 0 Å². The van der Waals surface area contributed by atoms with Crippen molar-refractivity contribution < 1.29 is 4.79 Å². The highest BCUT2D eigenvalue weighted by Gasteiger charge is 2.22. The van der Waals surface area contributed by atoms with Crippen LogP contribution in [0.2, 0.25) is 0 Å². The minimum Gasteiger partial charge on any atom is -0.351 e. The summed E-state index contributed by atoms with van der Waals surface area (Å²) in [5, 5.41) is 6.02. The Kier molecular flexibility index (Phi) is 3.88. The first-order valence-electron chi connectivity index (χ1n) is 6.79. The van der Waals surface area contributed by atoms with Gasteiger partial charge in [-0.05, 0) is 43.5 Å². The van der Waals surface area contributed by atoms with E-state index in [0.29, 0.717) is 17.7 Å². The van der Waals surface area contributed by atoms with Gasteiger partial charge in [0.1, 0.15) is 5.69 Å². The van der Waals surface area contributed by atoms with Gasteiger partial charge in [-0.25, -0.2) is 9.97 Å². The summed E-state index contributed by atoms with van der Waals surface area (Å²) in [5.74, 6) is 0.266. The van der Waals surface area contributed by atoms with Crippen molar-refractivity contribution >= 4 is 33.5 Å². The average Bonchev–Trinajstić information content (AvgIpc) is 3.27. The summed E-state index contributed by atoms with van der Waals surface area (Å²) >= 11 is 3.45. The number of halogens is 1. The molecule has 0 spiro atoms. The molecule has 108 valence electrons. The minimum absolute atomic E-state index is 0.244. The van der Waals surface area contributed by atoms with Gasteiger partial charge in [0.05, 0.1) is 0 Å². The van der Waals surface area contributed by atoms with Crippen molar-refractivity contribution in [3.05, 3.63) is 46.2 Å². The number of aryl methyl sites for hydroxylation is 1. The number of carbonyl (C=O) groups is 1. The molecule has 2 N–H and O–H groups in total. The molecular weight excluding hydrogens is 332 g/mol. The smallest absolute Gasteiger partial charge is 0.274 e. The fourth-order valence-electron chi connectivity index (χ4n) is 1.83. The number of anilines is 2. The van der Waals surface area contributed by atoms with E-state index in [-0.39, 0.29) is 5.91 Å². The summed E-state index contributed by atoms with van der Waals surface area (Å²) in [6, 6.07) is 7.74. The molecule has 1 aromatic carbocycles. The van der Waals surface area contributed by atoms with Gasteiger partial charge in [-0.15, -0.1) is 0 Å². The van der Waals surface area contributed by atoms with E-state index in [1.807, 2.05) is 25.1 Å². The summed E-state index contributed by atoms with van der Waals surface area (Å²) in [7, 11) is 0. The quantitative estimate of drug-likeness (QED) is 0.890. The van der Waals surface area contributed by atoms with Crippen LogP contribution in [0.4, 0.5) is 11.6 Å². The topological polar surface area (TPSA) is 66.9 Å². The highest BCUT2D eigenvalue weighted by atomic mass is 79.9. The summed E-state index contributed by atoms with van der Waals surface area (Å²) in [5.41, 5.74) is 2.20. The molecule has 0 atom stereocenters. The predicted molar refractivity (Wildman–Crippen MR) is 85.5 cm³/mol. The van der Waals surface area contributed by atoms with E-state index in [2.05, 4.69) is 36.5 Å². The highest BCUT2D eigenvalue weighted by Crippen LogP contribution is 2.23. The molecule has 1 fully saturated rings. The third-order valence-electron chi connectivity index (χ3n) is 3.23. The van der Waals surface area contributed by atoms with Gasteiger partial charge in [0.25, 0.3) is 5.91 Å². The van der Waals surface area contributed by atoms with Crippen LogP contribution in [-0.4, -0.2) is 21.9 Å². The molecule has 1 amide bonds. The molecule has 0 saturated heterocycles. The first-order valence-corrected chi connectivity index (χ1v) is 7.58. The third kappa shape index (κ3) is 3.58. The number of amides is 1. The maximum Gasteiger partial charge on any atom is 0.274 e. The van der Waals surface area contributed by atoms with Crippen LogP contribution in [0.25, 0.3) is 0 Å². The predicted octanol–water partition coefficient (Wildman–Crippen LogP) is 3.37. The van der Waals surface area contributed by atoms with E-state index in [1.165, 1.54) is 0 Å². The Morgan fingerprint density at radius 3 is 2.86 bits per heavy atom. The molecule has 21 heavy (non-hydrogen) atoms. The van der Waals surface area contributed by atoms with Crippen LogP contribution in [0.1, 0.15) is 28.9 Å². The Balaban J connectivity index is 1.73. The molecule has 2 aromatic rings. The lowest BCUT2D eigenvalue weighted by Gasteiger charge is -2.08. The fraction of sp³-hybridized carbons (Fsp3) is 0.267. The molecule has 0 radical (unpaired) electrons. The van der Waals surface area contributed by atoms with Gasteiger partial charge in [0.15, 0.2) is 0 Å². The van der Waals surface area contributed by atoms with Crippen molar-refractivity contribution in [3.63, 3.8) is 0 Å². The van der Waals surface area contributed by atoms with Crippen molar-refractivity contribution in [2.75, 3.05) is 10.6 Å². The lowest BCUT2D eigenvalue weighted by Crippen LogP contribution is -2.15. The zero-order valence-electron chi connectivity index (χ0n) is 11.6. The van der Waals surface area contributed by atoms with E-state index >= 15 is 0 Å². The lowest BCUT2D eigenvalue weighted by molar-refractivity contribution is 0.102. The molecule has 1 heterocycles. The Morgan fingerprint density at radius 1 is 1.33 bits per heavy atom. The van der Waals surface area contributed by atoms with Gasteiger partial charge < -0.3 is 10.6 Å². The first kappa shape index (κ1) is 14.0. The van der Waals surface area contributed by atoms with Crippen molar-refractivity contribution in [2.24, 2.45) is 0 Å². The van der Waals surface area contributed by atoms with E-state index in [9.17, 15) is 4.79 Å². The second-order valence-corrected chi connectivity index (χ2v) is 5.96. The number of hydrogen-bond acceptors (Lipinski definition) is 4. The molecule has 1 aromatic heterocycles. The molecule has 0 aliphatic heterocycles. The lowest BCUT2D eigenvalue weighted by atomic mass is 10.2. The van der Waals surface area contributed by atoms with Gasteiger partial charge in [0, 0.05) is 22.4 Å². The zero-order valence-corrected chi connectivity index (χ0v) is 13.1. The number of nitrogens with zero attached hydrogens (tertiary/aromatic N) is 2. The summed E-state index contributed by atoms with van der Waals surface area (Å²) in [6.45, 7) is 2.00. The van der Waals surface area contributed by atoms with E-state index < -0.39 is 0 Å². The normalized spacial score (nSPS) is 13.8. The second kappa shape index (κ2) is 5.81. The monoisotopic (exact) mass is 346 g/mol. The molecule has 0 unspecified atom stereocenters. The van der Waals surface area contributed by atoms with E-state index in [0.717, 1.165) is 28.6 Å². The molecule has 1 aliphatic rings. The first-order chi connectivity index (χ1) is 10.1. The fourth-order valence-corrected chi connectivity index (χ4v) is 2.21. The molecule has 3 rings (SSSR count). The van der Waals surface area contributed by atoms with Crippen LogP contribution in [0, 0.1) is 6.92 Å². The minimum atomic E-state index is -0.244. The third-order valence-corrected chi connectivity index (χ3v) is 4.08. The van der Waals surface area contributed by atoms with Gasteiger partial charge in [-0.2, -0.15) is 0 Å². The summed E-state index contributed by atoms with van der Waals surface area (Å²) in [4.78, 5) is 20.6. The van der Waals surface area contributed by atoms with Crippen molar-refractivity contribution in [3.8, 4) is 0 Å². The number of benzene rings is 1. The van der Waals surface area contributed by atoms with Crippen LogP contribution >= 0.6 is 15.9 Å². The number of rotatable bonds is 4. The Bertz CT molecular complexity index is 685.